The van der Waals surface area contributed by atoms with Crippen molar-refractivity contribution in [2.24, 2.45) is 0 Å². The van der Waals surface area contributed by atoms with Gasteiger partial charge in [-0.15, -0.1) is 0 Å². The van der Waals surface area contributed by atoms with Gasteiger partial charge in [0.15, 0.2) is 25.5 Å². The minimum atomic E-state index is -2.81. The number of benzene rings is 9. The van der Waals surface area contributed by atoms with Crippen molar-refractivity contribution < 1.29 is 0 Å². The van der Waals surface area contributed by atoms with E-state index >= 15 is 0 Å². The Balaban J connectivity index is 1.04. The van der Waals surface area contributed by atoms with E-state index in [1.54, 1.807) is 0 Å². The van der Waals surface area contributed by atoms with E-state index in [0.717, 1.165) is 27.9 Å². The molecule has 0 radical (unpaired) electrons. The van der Waals surface area contributed by atoms with E-state index < -0.39 is 8.07 Å². The summed E-state index contributed by atoms with van der Waals surface area (Å²) in [5.74, 6) is 1.89. The molecule has 1 aliphatic rings. The molecule has 12 rings (SSSR count). The topological polar surface area (TPSA) is 43.6 Å². The first-order valence-electron chi connectivity index (χ1n) is 22.4. The van der Waals surface area contributed by atoms with Crippen LogP contribution in [0.5, 0.6) is 0 Å². The van der Waals surface area contributed by atoms with Gasteiger partial charge in [-0.1, -0.05) is 214 Å². The predicted octanol–water partition coefficient (Wildman–Crippen LogP) is 11.7. The maximum Gasteiger partial charge on any atom is 0.179 e. The van der Waals surface area contributed by atoms with Crippen LogP contribution in [0.25, 0.3) is 72.8 Å². The van der Waals surface area contributed by atoms with Crippen molar-refractivity contribution in [3.8, 4) is 51.0 Å². The molecule has 308 valence electrons. The molecule has 5 heteroatoms. The average molecular weight is 849 g/mol. The lowest BCUT2D eigenvalue weighted by atomic mass is 9.82. The van der Waals surface area contributed by atoms with Crippen LogP contribution >= 0.6 is 0 Å². The van der Waals surface area contributed by atoms with Gasteiger partial charge < -0.3 is 4.57 Å². The molecule has 0 unspecified atom stereocenters. The zero-order chi connectivity index (χ0) is 43.5. The fourth-order valence-corrected chi connectivity index (χ4v) is 15.3. The van der Waals surface area contributed by atoms with Gasteiger partial charge in [-0.05, 0) is 73.3 Å². The number of fused-ring (bicyclic) bond motifs is 6. The molecule has 0 aliphatic heterocycles. The fourth-order valence-electron chi connectivity index (χ4n) is 10.5. The van der Waals surface area contributed by atoms with Crippen LogP contribution in [-0.4, -0.2) is 27.6 Å². The van der Waals surface area contributed by atoms with Crippen LogP contribution in [0.3, 0.4) is 0 Å². The summed E-state index contributed by atoms with van der Waals surface area (Å²) in [4.78, 5) is 15.8. The number of hydrogen-bond donors (Lipinski definition) is 0. The molecule has 9 aromatic carbocycles. The summed E-state index contributed by atoms with van der Waals surface area (Å²) >= 11 is 0. The van der Waals surface area contributed by atoms with Gasteiger partial charge in [-0.2, -0.15) is 0 Å². The summed E-state index contributed by atoms with van der Waals surface area (Å²) in [6.45, 7) is 4.70. The first-order valence-corrected chi connectivity index (χ1v) is 24.4. The molecule has 0 spiro atoms. The lowest BCUT2D eigenvalue weighted by molar-refractivity contribution is 0.661. The zero-order valence-corrected chi connectivity index (χ0v) is 37.2. The smallest absolute Gasteiger partial charge is 0.179 e. The standard InChI is InChI=1S/C60H44N4Si/c1-60(2)53-35-17-15-33-49(53)51-39-52-50-34-16-18-36-55(50)64(56(52)40-54(51)60)44-25-19-23-42(37-44)58-61-57(41-21-7-3-8-22-41)62-59(63-58)43-24-20-32-48(38-43)65(45-26-9-4-10-27-45,46-28-11-5-12-29-46)47-30-13-6-14-31-47/h3-40H,1-2H3. The number of hydrogen-bond acceptors (Lipinski definition) is 3. The highest BCUT2D eigenvalue weighted by Gasteiger charge is 2.41. The van der Waals surface area contributed by atoms with E-state index in [4.69, 9.17) is 15.0 Å². The SMILES string of the molecule is CC1(C)c2ccccc2-c2cc3c4ccccc4n(-c4cccc(-c5nc(-c6ccccc6)nc(-c6cccc([Si](c7ccccc7)(c7ccccc7)c7ccccc7)c6)n5)c4)c3cc21. The predicted molar refractivity (Wildman–Crippen MR) is 272 cm³/mol. The average Bonchev–Trinajstić information content (AvgIpc) is 3.82. The molecule has 0 saturated heterocycles. The molecular formula is C60H44N4Si. The number of para-hydroxylation sites is 1. The Morgan fingerprint density at radius 2 is 0.846 bits per heavy atom. The van der Waals surface area contributed by atoms with Crippen LogP contribution in [0.1, 0.15) is 25.0 Å². The van der Waals surface area contributed by atoms with Crippen molar-refractivity contribution in [2.45, 2.75) is 19.3 Å². The molecule has 11 aromatic rings. The van der Waals surface area contributed by atoms with Crippen LogP contribution in [0.2, 0.25) is 0 Å². The summed E-state index contributed by atoms with van der Waals surface area (Å²) in [5, 5.41) is 7.68. The quantitative estimate of drug-likeness (QED) is 0.113. The highest BCUT2D eigenvalue weighted by atomic mass is 28.3. The van der Waals surface area contributed by atoms with Gasteiger partial charge in [-0.3, -0.25) is 0 Å². The maximum absolute atomic E-state index is 5.36. The molecule has 2 aromatic heterocycles. The molecule has 65 heavy (non-hydrogen) atoms. The van der Waals surface area contributed by atoms with Gasteiger partial charge in [0.1, 0.15) is 0 Å². The van der Waals surface area contributed by atoms with Crippen molar-refractivity contribution in [1.29, 1.82) is 0 Å². The first kappa shape index (κ1) is 38.7. The Kier molecular flexibility index (Phi) is 9.14. The van der Waals surface area contributed by atoms with Crippen LogP contribution in [0, 0.1) is 0 Å². The van der Waals surface area contributed by atoms with E-state index in [1.165, 1.54) is 59.3 Å². The Bertz CT molecular complexity index is 3470. The summed E-state index contributed by atoms with van der Waals surface area (Å²) in [6.07, 6.45) is 0. The third kappa shape index (κ3) is 6.22. The van der Waals surface area contributed by atoms with E-state index in [0.29, 0.717) is 17.5 Å². The van der Waals surface area contributed by atoms with Crippen LogP contribution in [0.4, 0.5) is 0 Å². The number of nitrogens with zero attached hydrogens (tertiary/aromatic N) is 4. The normalized spacial score (nSPS) is 12.9. The zero-order valence-electron chi connectivity index (χ0n) is 36.2. The van der Waals surface area contributed by atoms with E-state index in [-0.39, 0.29) is 5.41 Å². The first-order chi connectivity index (χ1) is 32.0. The third-order valence-electron chi connectivity index (χ3n) is 13.6. The van der Waals surface area contributed by atoms with Gasteiger partial charge in [-0.25, -0.2) is 15.0 Å². The second kappa shape index (κ2) is 15.4. The van der Waals surface area contributed by atoms with Crippen LogP contribution in [0.15, 0.2) is 231 Å². The molecule has 0 amide bonds. The van der Waals surface area contributed by atoms with Gasteiger partial charge >= 0.3 is 0 Å². The highest BCUT2D eigenvalue weighted by Crippen LogP contribution is 2.51. The Hall–Kier alpha value is -7.99. The minimum absolute atomic E-state index is 0.124. The van der Waals surface area contributed by atoms with Gasteiger partial charge in [0.2, 0.25) is 0 Å². The molecule has 0 atom stereocenters. The number of aromatic nitrogens is 4. The molecular weight excluding hydrogens is 805 g/mol. The van der Waals surface area contributed by atoms with Gasteiger partial charge in [0.05, 0.1) is 11.0 Å². The van der Waals surface area contributed by atoms with Crippen LogP contribution in [-0.2, 0) is 5.41 Å². The summed E-state index contributed by atoms with van der Waals surface area (Å²) in [6, 6.07) is 83.5. The van der Waals surface area contributed by atoms with Crippen molar-refractivity contribution in [2.75, 3.05) is 0 Å². The van der Waals surface area contributed by atoms with Gasteiger partial charge in [0.25, 0.3) is 0 Å². The summed E-state index contributed by atoms with van der Waals surface area (Å²) in [5.41, 5.74) is 11.4. The largest absolute Gasteiger partial charge is 0.309 e. The Morgan fingerprint density at radius 3 is 1.49 bits per heavy atom. The van der Waals surface area contributed by atoms with Crippen molar-refractivity contribution in [3.05, 3.63) is 242 Å². The summed E-state index contributed by atoms with van der Waals surface area (Å²) in [7, 11) is -2.81. The van der Waals surface area contributed by atoms with Crippen LogP contribution < -0.4 is 20.7 Å². The highest BCUT2D eigenvalue weighted by molar-refractivity contribution is 7.19. The van der Waals surface area contributed by atoms with Crippen molar-refractivity contribution in [3.63, 3.8) is 0 Å². The second-order valence-electron chi connectivity index (χ2n) is 17.6. The fraction of sp³-hybridized carbons (Fsp3) is 0.0500. The molecule has 1 aliphatic carbocycles. The lowest BCUT2D eigenvalue weighted by Crippen LogP contribution is -2.74. The molecule has 0 bridgehead atoms. The molecule has 2 heterocycles. The lowest BCUT2D eigenvalue weighted by Gasteiger charge is -2.34. The molecule has 0 fully saturated rings. The minimum Gasteiger partial charge on any atom is -0.309 e. The Labute approximate surface area is 380 Å². The van der Waals surface area contributed by atoms with E-state index in [9.17, 15) is 0 Å². The molecule has 0 saturated carbocycles. The third-order valence-corrected chi connectivity index (χ3v) is 18.4. The second-order valence-corrected chi connectivity index (χ2v) is 21.4. The van der Waals surface area contributed by atoms with Crippen molar-refractivity contribution >= 4 is 50.6 Å². The molecule has 4 nitrogen and oxygen atoms in total. The summed E-state index contributed by atoms with van der Waals surface area (Å²) < 4.78 is 2.41. The Morgan fingerprint density at radius 1 is 0.354 bits per heavy atom. The van der Waals surface area contributed by atoms with Crippen molar-refractivity contribution in [1.82, 2.24) is 19.5 Å². The van der Waals surface area contributed by atoms with E-state index in [2.05, 4.69) is 231 Å². The molecule has 0 N–H and O–H groups in total. The maximum atomic E-state index is 5.36. The van der Waals surface area contributed by atoms with Gasteiger partial charge in [0, 0.05) is 38.6 Å². The monoisotopic (exact) mass is 848 g/mol. The van der Waals surface area contributed by atoms with E-state index in [1.807, 2.05) is 18.2 Å². The number of rotatable bonds is 8.